The first kappa shape index (κ1) is 16.0. The maximum Gasteiger partial charge on any atom is 0.273 e. The molecule has 1 aromatic heterocycles. The predicted molar refractivity (Wildman–Crippen MR) is 77.6 cm³/mol. The molecule has 2 aromatic rings. The summed E-state index contributed by atoms with van der Waals surface area (Å²) < 4.78 is 28.7. The van der Waals surface area contributed by atoms with Crippen LogP contribution in [0.4, 0.5) is 5.69 Å². The topological polar surface area (TPSA) is 120 Å². The molecule has 0 unspecified atom stereocenters. The van der Waals surface area contributed by atoms with Crippen LogP contribution < -0.4 is 4.72 Å². The Morgan fingerprint density at radius 2 is 2.14 bits per heavy atom. The Morgan fingerprint density at radius 1 is 1.41 bits per heavy atom. The summed E-state index contributed by atoms with van der Waals surface area (Å²) in [6.45, 7) is 3.85. The Balaban J connectivity index is 2.28. The molecule has 1 heterocycles. The SMILES string of the molecule is CCn1cnnc1CNS(=O)(=O)c1cccc([N+](=O)[O-])c1C. The van der Waals surface area contributed by atoms with Gasteiger partial charge < -0.3 is 4.57 Å². The summed E-state index contributed by atoms with van der Waals surface area (Å²) in [5, 5.41) is 18.4. The number of aromatic nitrogens is 3. The van der Waals surface area contributed by atoms with Crippen LogP contribution in [0.2, 0.25) is 0 Å². The standard InChI is InChI=1S/C12H15N5O4S/c1-3-16-8-13-15-12(16)7-14-22(20,21)11-6-4-5-10(9(11)2)17(18)19/h4-6,8,14H,3,7H2,1-2H3. The molecule has 10 heteroatoms. The molecule has 1 N–H and O–H groups in total. The van der Waals surface area contributed by atoms with Crippen LogP contribution in [0.3, 0.4) is 0 Å². The zero-order chi connectivity index (χ0) is 16.3. The summed E-state index contributed by atoms with van der Waals surface area (Å²) in [6, 6.07) is 3.94. The van der Waals surface area contributed by atoms with Crippen LogP contribution in [0.5, 0.6) is 0 Å². The molecule has 0 atom stereocenters. The lowest BCUT2D eigenvalue weighted by molar-refractivity contribution is -0.385. The third-order valence-electron chi connectivity index (χ3n) is 3.20. The minimum Gasteiger partial charge on any atom is -0.317 e. The van der Waals surface area contributed by atoms with E-state index in [0.29, 0.717) is 12.4 Å². The smallest absolute Gasteiger partial charge is 0.273 e. The molecule has 1 aromatic carbocycles. The highest BCUT2D eigenvalue weighted by Crippen LogP contribution is 2.24. The first-order valence-electron chi connectivity index (χ1n) is 6.47. The molecular weight excluding hydrogens is 310 g/mol. The average Bonchev–Trinajstić information content (AvgIpc) is 2.92. The fraction of sp³-hybridized carbons (Fsp3) is 0.333. The van der Waals surface area contributed by atoms with Gasteiger partial charge in [-0.3, -0.25) is 10.1 Å². The third kappa shape index (κ3) is 3.12. The summed E-state index contributed by atoms with van der Waals surface area (Å²) in [6.07, 6.45) is 1.50. The molecule has 0 bridgehead atoms. The molecule has 2 rings (SSSR count). The van der Waals surface area contributed by atoms with Crippen LogP contribution in [0.15, 0.2) is 29.4 Å². The van der Waals surface area contributed by atoms with Gasteiger partial charge in [-0.15, -0.1) is 10.2 Å². The number of nitrogens with zero attached hydrogens (tertiary/aromatic N) is 4. The number of nitro groups is 1. The second kappa shape index (κ2) is 6.20. The first-order valence-corrected chi connectivity index (χ1v) is 7.95. The monoisotopic (exact) mass is 325 g/mol. The number of nitrogens with one attached hydrogen (secondary N) is 1. The van der Waals surface area contributed by atoms with Crippen molar-refractivity contribution >= 4 is 15.7 Å². The zero-order valence-corrected chi connectivity index (χ0v) is 12.9. The second-order valence-electron chi connectivity index (χ2n) is 4.52. The molecule has 0 fully saturated rings. The molecule has 22 heavy (non-hydrogen) atoms. The molecule has 9 nitrogen and oxygen atoms in total. The zero-order valence-electron chi connectivity index (χ0n) is 12.1. The molecule has 0 saturated heterocycles. The molecule has 0 aliphatic carbocycles. The van der Waals surface area contributed by atoms with E-state index in [4.69, 9.17) is 0 Å². The molecule has 0 saturated carbocycles. The minimum atomic E-state index is -3.88. The van der Waals surface area contributed by atoms with Crippen LogP contribution in [-0.4, -0.2) is 28.1 Å². The van der Waals surface area contributed by atoms with Crippen molar-refractivity contribution in [3.63, 3.8) is 0 Å². The Hall–Kier alpha value is -2.33. The summed E-state index contributed by atoms with van der Waals surface area (Å²) in [7, 11) is -3.88. The van der Waals surface area contributed by atoms with Gasteiger partial charge in [0.1, 0.15) is 12.2 Å². The normalized spacial score (nSPS) is 11.5. The highest BCUT2D eigenvalue weighted by molar-refractivity contribution is 7.89. The summed E-state index contributed by atoms with van der Waals surface area (Å²) in [4.78, 5) is 10.2. The van der Waals surface area contributed by atoms with E-state index < -0.39 is 14.9 Å². The lowest BCUT2D eigenvalue weighted by Crippen LogP contribution is -2.25. The van der Waals surface area contributed by atoms with Gasteiger partial charge in [0, 0.05) is 18.2 Å². The van der Waals surface area contributed by atoms with Crippen molar-refractivity contribution in [2.75, 3.05) is 0 Å². The van der Waals surface area contributed by atoms with Gasteiger partial charge in [0.2, 0.25) is 10.0 Å². The first-order chi connectivity index (χ1) is 10.4. The second-order valence-corrected chi connectivity index (χ2v) is 6.25. The lowest BCUT2D eigenvalue weighted by atomic mass is 10.2. The molecule has 0 amide bonds. The van der Waals surface area contributed by atoms with Gasteiger partial charge in [-0.05, 0) is 19.9 Å². The maximum atomic E-state index is 12.3. The number of sulfonamides is 1. The van der Waals surface area contributed by atoms with Crippen molar-refractivity contribution in [1.82, 2.24) is 19.5 Å². The van der Waals surface area contributed by atoms with Gasteiger partial charge in [-0.1, -0.05) is 6.07 Å². The van der Waals surface area contributed by atoms with Crippen molar-refractivity contribution in [1.29, 1.82) is 0 Å². The Morgan fingerprint density at radius 3 is 2.77 bits per heavy atom. The van der Waals surface area contributed by atoms with E-state index >= 15 is 0 Å². The summed E-state index contributed by atoms with van der Waals surface area (Å²) in [5.41, 5.74) is -0.142. The number of rotatable bonds is 6. The van der Waals surface area contributed by atoms with Crippen molar-refractivity contribution in [2.24, 2.45) is 0 Å². The quantitative estimate of drug-likeness (QED) is 0.624. The fourth-order valence-electron chi connectivity index (χ4n) is 2.01. The van der Waals surface area contributed by atoms with Gasteiger partial charge >= 0.3 is 0 Å². The fourth-order valence-corrected chi connectivity index (χ4v) is 3.25. The molecule has 0 aliphatic rings. The van der Waals surface area contributed by atoms with Crippen LogP contribution in [-0.2, 0) is 23.1 Å². The van der Waals surface area contributed by atoms with E-state index in [0.717, 1.165) is 0 Å². The number of aryl methyl sites for hydroxylation is 1. The van der Waals surface area contributed by atoms with E-state index in [9.17, 15) is 18.5 Å². The third-order valence-corrected chi connectivity index (χ3v) is 4.74. The number of hydrogen-bond acceptors (Lipinski definition) is 6. The van der Waals surface area contributed by atoms with Crippen LogP contribution in [0.25, 0.3) is 0 Å². The summed E-state index contributed by atoms with van der Waals surface area (Å²) in [5.74, 6) is 0.467. The largest absolute Gasteiger partial charge is 0.317 e. The number of benzene rings is 1. The highest BCUT2D eigenvalue weighted by atomic mass is 32.2. The minimum absolute atomic E-state index is 0.0433. The number of hydrogen-bond donors (Lipinski definition) is 1. The Labute approximate surface area is 127 Å². The van der Waals surface area contributed by atoms with Crippen molar-refractivity contribution in [2.45, 2.75) is 31.8 Å². The van der Waals surface area contributed by atoms with Crippen molar-refractivity contribution < 1.29 is 13.3 Å². The maximum absolute atomic E-state index is 12.3. The van der Waals surface area contributed by atoms with Gasteiger partial charge in [0.25, 0.3) is 5.69 Å². The van der Waals surface area contributed by atoms with E-state index in [-0.39, 0.29) is 22.7 Å². The van der Waals surface area contributed by atoms with E-state index in [2.05, 4.69) is 14.9 Å². The lowest BCUT2D eigenvalue weighted by Gasteiger charge is -2.09. The van der Waals surface area contributed by atoms with E-state index in [1.54, 1.807) is 4.57 Å². The van der Waals surface area contributed by atoms with E-state index in [1.165, 1.54) is 31.5 Å². The molecule has 0 spiro atoms. The summed E-state index contributed by atoms with van der Waals surface area (Å²) >= 11 is 0. The molecule has 118 valence electrons. The van der Waals surface area contributed by atoms with Crippen LogP contribution in [0, 0.1) is 17.0 Å². The van der Waals surface area contributed by atoms with Gasteiger partial charge in [0.05, 0.1) is 16.4 Å². The highest BCUT2D eigenvalue weighted by Gasteiger charge is 2.23. The molecule has 0 radical (unpaired) electrons. The number of nitro benzene ring substituents is 1. The Bertz CT molecular complexity index is 800. The molecule has 0 aliphatic heterocycles. The Kier molecular flexibility index (Phi) is 4.52. The van der Waals surface area contributed by atoms with Crippen molar-refractivity contribution in [3.05, 3.63) is 46.0 Å². The molecular formula is C12H15N5O4S. The van der Waals surface area contributed by atoms with Crippen LogP contribution >= 0.6 is 0 Å². The van der Waals surface area contributed by atoms with E-state index in [1.807, 2.05) is 6.92 Å². The van der Waals surface area contributed by atoms with Gasteiger partial charge in [-0.2, -0.15) is 0 Å². The average molecular weight is 325 g/mol. The predicted octanol–water partition coefficient (Wildman–Crippen LogP) is 0.993. The van der Waals surface area contributed by atoms with Gasteiger partial charge in [-0.25, -0.2) is 13.1 Å². The van der Waals surface area contributed by atoms with Crippen LogP contribution in [0.1, 0.15) is 18.3 Å². The van der Waals surface area contributed by atoms with Gasteiger partial charge in [0.15, 0.2) is 0 Å². The van der Waals surface area contributed by atoms with Crippen molar-refractivity contribution in [3.8, 4) is 0 Å².